The summed E-state index contributed by atoms with van der Waals surface area (Å²) in [4.78, 5) is 0. The van der Waals surface area contributed by atoms with Crippen molar-refractivity contribution >= 4 is 35.1 Å². The van der Waals surface area contributed by atoms with Crippen LogP contribution in [0, 0.1) is 0 Å². The van der Waals surface area contributed by atoms with Crippen molar-refractivity contribution in [2.75, 3.05) is 0 Å². The molecule has 2 aliphatic carbocycles. The summed E-state index contributed by atoms with van der Waals surface area (Å²) in [7, 11) is 0. The van der Waals surface area contributed by atoms with E-state index in [1.54, 1.807) is 0 Å². The van der Waals surface area contributed by atoms with Gasteiger partial charge in [0.2, 0.25) is 0 Å². The average molecular weight is 217 g/mol. The van der Waals surface area contributed by atoms with Gasteiger partial charge in [0.15, 0.2) is 0 Å². The summed E-state index contributed by atoms with van der Waals surface area (Å²) in [5.41, 5.74) is 9.20. The maximum absolute atomic E-state index is 5.83. The SMILES string of the molecule is NC1=Cc2cc3cc4c(cc3cc2=C1)C=CC=4. The van der Waals surface area contributed by atoms with E-state index < -0.39 is 0 Å². The topological polar surface area (TPSA) is 26.0 Å². The Balaban J connectivity index is 2.15. The minimum atomic E-state index is 0.842. The predicted octanol–water partition coefficient (Wildman–Crippen LogP) is 1.74. The van der Waals surface area contributed by atoms with Gasteiger partial charge in [0.25, 0.3) is 0 Å². The zero-order valence-corrected chi connectivity index (χ0v) is 9.27. The number of hydrogen-bond donors (Lipinski definition) is 1. The molecule has 0 bridgehead atoms. The smallest absolute Gasteiger partial charge is 0.0326 e. The second-order valence-electron chi connectivity index (χ2n) is 4.62. The molecule has 0 amide bonds. The maximum Gasteiger partial charge on any atom is 0.0326 e. The summed E-state index contributed by atoms with van der Waals surface area (Å²) in [6.07, 6.45) is 10.5. The summed E-state index contributed by atoms with van der Waals surface area (Å²) in [6, 6.07) is 8.92. The standard InChI is InChI=1S/C16H11N/c17-16-8-14-6-12-4-10-2-1-3-11(10)5-13(12)7-15(14)9-16/h1-9H,17H2. The van der Waals surface area contributed by atoms with E-state index in [1.165, 1.54) is 32.3 Å². The van der Waals surface area contributed by atoms with Crippen molar-refractivity contribution in [1.82, 2.24) is 0 Å². The van der Waals surface area contributed by atoms with E-state index in [-0.39, 0.29) is 0 Å². The molecule has 0 radical (unpaired) electrons. The van der Waals surface area contributed by atoms with Crippen LogP contribution < -0.4 is 16.2 Å². The van der Waals surface area contributed by atoms with Crippen molar-refractivity contribution in [3.63, 3.8) is 0 Å². The molecule has 2 N–H and O–H groups in total. The summed E-state index contributed by atoms with van der Waals surface area (Å²) in [6.45, 7) is 0. The fourth-order valence-corrected chi connectivity index (χ4v) is 2.62. The lowest BCUT2D eigenvalue weighted by atomic mass is 10.0. The molecular formula is C16H11N. The van der Waals surface area contributed by atoms with Crippen LogP contribution in [0.15, 0.2) is 36.0 Å². The zero-order chi connectivity index (χ0) is 11.4. The largest absolute Gasteiger partial charge is 0.399 e. The molecule has 2 aromatic rings. The number of nitrogens with two attached hydrogens (primary N) is 1. The third-order valence-electron chi connectivity index (χ3n) is 3.44. The zero-order valence-electron chi connectivity index (χ0n) is 9.27. The molecule has 0 saturated carbocycles. The van der Waals surface area contributed by atoms with Gasteiger partial charge >= 0.3 is 0 Å². The number of fused-ring (bicyclic) bond motifs is 3. The van der Waals surface area contributed by atoms with E-state index in [0.717, 1.165) is 5.70 Å². The Morgan fingerprint density at radius 3 is 2.41 bits per heavy atom. The van der Waals surface area contributed by atoms with E-state index in [2.05, 4.69) is 42.5 Å². The quantitative estimate of drug-likeness (QED) is 0.714. The van der Waals surface area contributed by atoms with E-state index in [9.17, 15) is 0 Å². The minimum Gasteiger partial charge on any atom is -0.399 e. The van der Waals surface area contributed by atoms with Crippen molar-refractivity contribution in [3.05, 3.63) is 57.6 Å². The first kappa shape index (κ1) is 8.82. The average Bonchev–Trinajstić information content (AvgIpc) is 2.86. The predicted molar refractivity (Wildman–Crippen MR) is 73.3 cm³/mol. The van der Waals surface area contributed by atoms with Gasteiger partial charge in [0.05, 0.1) is 0 Å². The molecule has 1 heteroatoms. The lowest BCUT2D eigenvalue weighted by Gasteiger charge is -2.01. The monoisotopic (exact) mass is 217 g/mol. The molecule has 0 aliphatic heterocycles. The number of hydrogen-bond acceptors (Lipinski definition) is 1. The highest BCUT2D eigenvalue weighted by atomic mass is 14.6. The second kappa shape index (κ2) is 2.89. The van der Waals surface area contributed by atoms with E-state index >= 15 is 0 Å². The first-order valence-corrected chi connectivity index (χ1v) is 5.75. The summed E-state index contributed by atoms with van der Waals surface area (Å²) >= 11 is 0. The van der Waals surface area contributed by atoms with Crippen LogP contribution in [0.4, 0.5) is 0 Å². The van der Waals surface area contributed by atoms with Gasteiger partial charge in [0, 0.05) is 5.70 Å². The van der Waals surface area contributed by atoms with Crippen LogP contribution in [0.1, 0.15) is 11.1 Å². The van der Waals surface area contributed by atoms with Gasteiger partial charge < -0.3 is 5.73 Å². The van der Waals surface area contributed by atoms with Gasteiger partial charge in [-0.2, -0.15) is 0 Å². The van der Waals surface area contributed by atoms with E-state index in [1.807, 2.05) is 12.2 Å². The van der Waals surface area contributed by atoms with Crippen molar-refractivity contribution in [2.24, 2.45) is 5.73 Å². The highest BCUT2D eigenvalue weighted by Crippen LogP contribution is 2.18. The fourth-order valence-electron chi connectivity index (χ4n) is 2.62. The first-order valence-electron chi connectivity index (χ1n) is 5.75. The maximum atomic E-state index is 5.83. The van der Waals surface area contributed by atoms with Gasteiger partial charge in [-0.1, -0.05) is 18.2 Å². The molecule has 4 rings (SSSR count). The minimum absolute atomic E-state index is 0.842. The molecule has 0 unspecified atom stereocenters. The van der Waals surface area contributed by atoms with Crippen LogP contribution in [-0.2, 0) is 0 Å². The normalized spacial score (nSPS) is 15.2. The van der Waals surface area contributed by atoms with Crippen LogP contribution in [0.25, 0.3) is 35.1 Å². The third kappa shape index (κ3) is 1.19. The molecule has 0 spiro atoms. The summed E-state index contributed by atoms with van der Waals surface area (Å²) < 4.78 is 0. The van der Waals surface area contributed by atoms with E-state index in [0.29, 0.717) is 0 Å². The fraction of sp³-hybridized carbons (Fsp3) is 0. The highest BCUT2D eigenvalue weighted by Gasteiger charge is 2.06. The molecule has 0 saturated heterocycles. The molecule has 0 heterocycles. The van der Waals surface area contributed by atoms with Crippen molar-refractivity contribution in [1.29, 1.82) is 0 Å². The lowest BCUT2D eigenvalue weighted by Crippen LogP contribution is -2.06. The van der Waals surface area contributed by atoms with E-state index in [4.69, 9.17) is 5.73 Å². The Bertz CT molecular complexity index is 836. The number of rotatable bonds is 0. The Morgan fingerprint density at radius 1 is 0.765 bits per heavy atom. The molecule has 17 heavy (non-hydrogen) atoms. The lowest BCUT2D eigenvalue weighted by molar-refractivity contribution is 1.53. The third-order valence-corrected chi connectivity index (χ3v) is 3.44. The van der Waals surface area contributed by atoms with Crippen LogP contribution in [0.3, 0.4) is 0 Å². The molecular weight excluding hydrogens is 206 g/mol. The van der Waals surface area contributed by atoms with Crippen LogP contribution in [0.2, 0.25) is 0 Å². The molecule has 0 atom stereocenters. The van der Waals surface area contributed by atoms with Gasteiger partial charge in [-0.15, -0.1) is 0 Å². The molecule has 2 aromatic carbocycles. The summed E-state index contributed by atoms with van der Waals surface area (Å²) in [5, 5.41) is 5.08. The van der Waals surface area contributed by atoms with Crippen LogP contribution in [-0.4, -0.2) is 0 Å². The second-order valence-corrected chi connectivity index (χ2v) is 4.62. The molecule has 2 aliphatic rings. The van der Waals surface area contributed by atoms with Gasteiger partial charge in [-0.25, -0.2) is 0 Å². The molecule has 0 aromatic heterocycles. The molecule has 0 fully saturated rings. The van der Waals surface area contributed by atoms with Crippen LogP contribution in [0.5, 0.6) is 0 Å². The first-order chi connectivity index (χ1) is 8.29. The summed E-state index contributed by atoms with van der Waals surface area (Å²) in [5.74, 6) is 0. The van der Waals surface area contributed by atoms with Crippen molar-refractivity contribution in [2.45, 2.75) is 0 Å². The Morgan fingerprint density at radius 2 is 1.53 bits per heavy atom. The van der Waals surface area contributed by atoms with Gasteiger partial charge in [-0.3, -0.25) is 0 Å². The highest BCUT2D eigenvalue weighted by molar-refractivity contribution is 5.90. The number of benzene rings is 2. The molecule has 80 valence electrons. The van der Waals surface area contributed by atoms with Crippen LogP contribution >= 0.6 is 0 Å². The number of allylic oxidation sites excluding steroid dienone is 2. The Labute approximate surface area is 98.9 Å². The Kier molecular flexibility index (Phi) is 1.50. The van der Waals surface area contributed by atoms with Gasteiger partial charge in [0.1, 0.15) is 0 Å². The van der Waals surface area contributed by atoms with Crippen molar-refractivity contribution < 1.29 is 0 Å². The van der Waals surface area contributed by atoms with Crippen molar-refractivity contribution in [3.8, 4) is 0 Å². The molecule has 1 nitrogen and oxygen atoms in total. The van der Waals surface area contributed by atoms with Gasteiger partial charge in [-0.05, 0) is 68.8 Å². The Hall–Kier alpha value is -2.28.